The molecule has 94 valence electrons. The van der Waals surface area contributed by atoms with Crippen LogP contribution in [-0.4, -0.2) is 22.4 Å². The predicted molar refractivity (Wildman–Crippen MR) is 69.5 cm³/mol. The van der Waals surface area contributed by atoms with E-state index < -0.39 is 0 Å². The van der Waals surface area contributed by atoms with Gasteiger partial charge in [0.05, 0.1) is 18.9 Å². The molecule has 0 unspecified atom stereocenters. The Morgan fingerprint density at radius 1 is 1.41 bits per heavy atom. The summed E-state index contributed by atoms with van der Waals surface area (Å²) in [7, 11) is 0. The van der Waals surface area contributed by atoms with Crippen molar-refractivity contribution in [2.75, 3.05) is 0 Å². The highest BCUT2D eigenvalue weighted by atomic mass is 32.1. The summed E-state index contributed by atoms with van der Waals surface area (Å²) in [5.41, 5.74) is 0. The van der Waals surface area contributed by atoms with E-state index >= 15 is 0 Å². The average molecular weight is 254 g/mol. The third kappa shape index (κ3) is 4.02. The molecular weight excluding hydrogens is 236 g/mol. The quantitative estimate of drug-likeness (QED) is 0.715. The molecule has 0 radical (unpaired) electrons. The molecular formula is C12H18N2O2S. The van der Waals surface area contributed by atoms with Gasteiger partial charge >= 0.3 is 0 Å². The van der Waals surface area contributed by atoms with E-state index in [-0.39, 0.29) is 6.10 Å². The van der Waals surface area contributed by atoms with Gasteiger partial charge < -0.3 is 20.2 Å². The Morgan fingerprint density at radius 2 is 2.18 bits per heavy atom. The van der Waals surface area contributed by atoms with Gasteiger partial charge in [-0.1, -0.05) is 0 Å². The van der Waals surface area contributed by atoms with Crippen LogP contribution in [0.3, 0.4) is 0 Å². The molecule has 0 saturated heterocycles. The van der Waals surface area contributed by atoms with E-state index in [1.54, 1.807) is 6.26 Å². The minimum absolute atomic E-state index is 0.127. The minimum atomic E-state index is -0.127. The summed E-state index contributed by atoms with van der Waals surface area (Å²) in [5.74, 6) is 0.869. The monoisotopic (exact) mass is 254 g/mol. The predicted octanol–water partition coefficient (Wildman–Crippen LogP) is 1.55. The summed E-state index contributed by atoms with van der Waals surface area (Å²) in [6.07, 6.45) is 5.19. The normalized spacial score (nSPS) is 24.3. The van der Waals surface area contributed by atoms with Crippen LogP contribution in [0.15, 0.2) is 22.8 Å². The molecule has 0 aliphatic heterocycles. The van der Waals surface area contributed by atoms with E-state index in [9.17, 15) is 5.11 Å². The standard InChI is InChI=1S/C12H18N2O2S/c15-10-5-3-9(4-6-10)14-12(17)13-8-11-2-1-7-16-11/h1-2,7,9-10,15H,3-6,8H2,(H2,13,14,17). The van der Waals surface area contributed by atoms with Crippen LogP contribution >= 0.6 is 12.2 Å². The second-order valence-corrected chi connectivity index (χ2v) is 4.82. The minimum Gasteiger partial charge on any atom is -0.467 e. The van der Waals surface area contributed by atoms with Crippen LogP contribution in [0.1, 0.15) is 31.4 Å². The van der Waals surface area contributed by atoms with Crippen molar-refractivity contribution in [2.24, 2.45) is 0 Å². The molecule has 0 aromatic carbocycles. The van der Waals surface area contributed by atoms with Gasteiger partial charge in [0.25, 0.3) is 0 Å². The van der Waals surface area contributed by atoms with Crippen LogP contribution in [0.25, 0.3) is 0 Å². The van der Waals surface area contributed by atoms with E-state index in [2.05, 4.69) is 10.6 Å². The number of nitrogens with one attached hydrogen (secondary N) is 2. The SMILES string of the molecule is OC1CCC(NC(=S)NCc2ccco2)CC1. The number of aliphatic hydroxyl groups excluding tert-OH is 1. The Morgan fingerprint density at radius 3 is 2.82 bits per heavy atom. The highest BCUT2D eigenvalue weighted by molar-refractivity contribution is 7.80. The van der Waals surface area contributed by atoms with E-state index in [0.717, 1.165) is 31.4 Å². The van der Waals surface area contributed by atoms with Crippen LogP contribution in [0.2, 0.25) is 0 Å². The largest absolute Gasteiger partial charge is 0.467 e. The Kier molecular flexibility index (Phi) is 4.39. The maximum atomic E-state index is 9.40. The van der Waals surface area contributed by atoms with E-state index in [0.29, 0.717) is 17.7 Å². The molecule has 17 heavy (non-hydrogen) atoms. The molecule has 0 amide bonds. The van der Waals surface area contributed by atoms with Gasteiger partial charge in [0, 0.05) is 6.04 Å². The number of rotatable bonds is 3. The summed E-state index contributed by atoms with van der Waals surface area (Å²) < 4.78 is 5.20. The van der Waals surface area contributed by atoms with Gasteiger partial charge in [-0.25, -0.2) is 0 Å². The van der Waals surface area contributed by atoms with Crippen LogP contribution < -0.4 is 10.6 Å². The molecule has 3 N–H and O–H groups in total. The van der Waals surface area contributed by atoms with Crippen LogP contribution in [0.4, 0.5) is 0 Å². The molecule has 1 fully saturated rings. The summed E-state index contributed by atoms with van der Waals surface area (Å²) in [5, 5.41) is 16.4. The Labute approximate surface area is 106 Å². The fourth-order valence-corrected chi connectivity index (χ4v) is 2.28. The second kappa shape index (κ2) is 6.02. The molecule has 1 aromatic rings. The number of furan rings is 1. The van der Waals surface area contributed by atoms with Crippen molar-refractivity contribution in [3.63, 3.8) is 0 Å². The first-order chi connectivity index (χ1) is 8.24. The maximum absolute atomic E-state index is 9.40. The lowest BCUT2D eigenvalue weighted by Crippen LogP contribution is -2.43. The Bertz CT molecular complexity index is 345. The zero-order chi connectivity index (χ0) is 12.1. The summed E-state index contributed by atoms with van der Waals surface area (Å²) >= 11 is 5.21. The highest BCUT2D eigenvalue weighted by Gasteiger charge is 2.19. The fourth-order valence-electron chi connectivity index (χ4n) is 2.04. The van der Waals surface area contributed by atoms with E-state index in [1.165, 1.54) is 0 Å². The van der Waals surface area contributed by atoms with Crippen molar-refractivity contribution >= 4 is 17.3 Å². The molecule has 0 spiro atoms. The summed E-state index contributed by atoms with van der Waals surface area (Å²) in [6, 6.07) is 4.15. The smallest absolute Gasteiger partial charge is 0.166 e. The molecule has 4 nitrogen and oxygen atoms in total. The maximum Gasteiger partial charge on any atom is 0.166 e. The van der Waals surface area contributed by atoms with Gasteiger partial charge in [0.15, 0.2) is 5.11 Å². The van der Waals surface area contributed by atoms with Gasteiger partial charge in [0.2, 0.25) is 0 Å². The van der Waals surface area contributed by atoms with Crippen molar-refractivity contribution < 1.29 is 9.52 Å². The lowest BCUT2D eigenvalue weighted by Gasteiger charge is -2.27. The average Bonchev–Trinajstić information content (AvgIpc) is 2.83. The van der Waals surface area contributed by atoms with Crippen molar-refractivity contribution in [3.8, 4) is 0 Å². The number of hydrogen-bond donors (Lipinski definition) is 3. The lowest BCUT2D eigenvalue weighted by molar-refractivity contribution is 0.120. The molecule has 2 rings (SSSR count). The molecule has 1 saturated carbocycles. The first-order valence-electron chi connectivity index (χ1n) is 5.99. The van der Waals surface area contributed by atoms with Crippen molar-refractivity contribution in [1.29, 1.82) is 0 Å². The summed E-state index contributed by atoms with van der Waals surface area (Å²) in [4.78, 5) is 0. The molecule has 0 bridgehead atoms. The van der Waals surface area contributed by atoms with Gasteiger partial charge in [-0.15, -0.1) is 0 Å². The number of hydrogen-bond acceptors (Lipinski definition) is 3. The van der Waals surface area contributed by atoms with Crippen LogP contribution in [0, 0.1) is 0 Å². The van der Waals surface area contributed by atoms with Crippen molar-refractivity contribution in [1.82, 2.24) is 10.6 Å². The second-order valence-electron chi connectivity index (χ2n) is 4.41. The summed E-state index contributed by atoms with van der Waals surface area (Å²) in [6.45, 7) is 0.605. The van der Waals surface area contributed by atoms with Crippen LogP contribution in [-0.2, 0) is 6.54 Å². The molecule has 5 heteroatoms. The fraction of sp³-hybridized carbons (Fsp3) is 0.583. The molecule has 1 aromatic heterocycles. The van der Waals surface area contributed by atoms with Crippen molar-refractivity contribution in [3.05, 3.63) is 24.2 Å². The first-order valence-corrected chi connectivity index (χ1v) is 6.39. The molecule has 0 atom stereocenters. The van der Waals surface area contributed by atoms with Crippen molar-refractivity contribution in [2.45, 2.75) is 44.4 Å². The van der Waals surface area contributed by atoms with E-state index in [1.807, 2.05) is 12.1 Å². The van der Waals surface area contributed by atoms with Gasteiger partial charge in [-0.05, 0) is 50.0 Å². The molecule has 1 heterocycles. The zero-order valence-electron chi connectivity index (χ0n) is 9.69. The Hall–Kier alpha value is -1.07. The van der Waals surface area contributed by atoms with Crippen LogP contribution in [0.5, 0.6) is 0 Å². The van der Waals surface area contributed by atoms with Gasteiger partial charge in [-0.3, -0.25) is 0 Å². The molecule has 1 aliphatic rings. The lowest BCUT2D eigenvalue weighted by atomic mass is 9.93. The zero-order valence-corrected chi connectivity index (χ0v) is 10.5. The van der Waals surface area contributed by atoms with E-state index in [4.69, 9.17) is 16.6 Å². The topological polar surface area (TPSA) is 57.4 Å². The highest BCUT2D eigenvalue weighted by Crippen LogP contribution is 2.18. The first kappa shape index (κ1) is 12.4. The molecule has 1 aliphatic carbocycles. The number of aliphatic hydroxyl groups is 1. The van der Waals surface area contributed by atoms with Gasteiger partial charge in [0.1, 0.15) is 5.76 Å². The third-order valence-corrected chi connectivity index (χ3v) is 3.30. The third-order valence-electron chi connectivity index (χ3n) is 3.04. The van der Waals surface area contributed by atoms with Gasteiger partial charge in [-0.2, -0.15) is 0 Å². The Balaban J connectivity index is 1.67. The number of thiocarbonyl (C=S) groups is 1.